The van der Waals surface area contributed by atoms with Gasteiger partial charge in [0.05, 0.1) is 16.1 Å². The Morgan fingerprint density at radius 2 is 1.64 bits per heavy atom. The third kappa shape index (κ3) is 2.29. The SMILES string of the molecule is O=C1OC(=O)c2cc([N+](=O)[O-])c(Nc3ccccc3)c3cccc1c23. The second-order valence-corrected chi connectivity index (χ2v) is 5.47. The molecular weight excluding hydrogens is 324 g/mol. The Kier molecular flexibility index (Phi) is 3.21. The summed E-state index contributed by atoms with van der Waals surface area (Å²) in [4.78, 5) is 35.0. The minimum absolute atomic E-state index is 0.00973. The van der Waals surface area contributed by atoms with Gasteiger partial charge in [0.15, 0.2) is 0 Å². The lowest BCUT2D eigenvalue weighted by Gasteiger charge is -2.18. The number of ether oxygens (including phenoxy) is 1. The molecule has 1 heterocycles. The molecule has 0 aromatic heterocycles. The van der Waals surface area contributed by atoms with Gasteiger partial charge in [-0.25, -0.2) is 9.59 Å². The fourth-order valence-electron chi connectivity index (χ4n) is 2.94. The summed E-state index contributed by atoms with van der Waals surface area (Å²) in [5.41, 5.74) is 0.818. The van der Waals surface area contributed by atoms with Crippen LogP contribution in [0.15, 0.2) is 54.6 Å². The van der Waals surface area contributed by atoms with E-state index in [-0.39, 0.29) is 22.5 Å². The van der Waals surface area contributed by atoms with E-state index < -0.39 is 16.9 Å². The van der Waals surface area contributed by atoms with Crippen LogP contribution in [-0.4, -0.2) is 16.9 Å². The molecule has 25 heavy (non-hydrogen) atoms. The van der Waals surface area contributed by atoms with Gasteiger partial charge in [-0.2, -0.15) is 0 Å². The molecule has 7 heteroatoms. The summed E-state index contributed by atoms with van der Waals surface area (Å²) in [6, 6.07) is 14.8. The number of nitro benzene ring substituents is 1. The van der Waals surface area contributed by atoms with Crippen molar-refractivity contribution >= 4 is 39.8 Å². The van der Waals surface area contributed by atoms with Crippen LogP contribution in [-0.2, 0) is 4.74 Å². The van der Waals surface area contributed by atoms with Crippen molar-refractivity contribution in [2.75, 3.05) is 5.32 Å². The van der Waals surface area contributed by atoms with Gasteiger partial charge in [-0.15, -0.1) is 0 Å². The summed E-state index contributed by atoms with van der Waals surface area (Å²) in [5.74, 6) is -1.65. The molecule has 0 atom stereocenters. The number of anilines is 2. The van der Waals surface area contributed by atoms with Gasteiger partial charge in [0, 0.05) is 22.5 Å². The predicted molar refractivity (Wildman–Crippen MR) is 90.1 cm³/mol. The van der Waals surface area contributed by atoms with Gasteiger partial charge >= 0.3 is 11.9 Å². The number of cyclic esters (lactones) is 2. The predicted octanol–water partition coefficient (Wildman–Crippen LogP) is 3.80. The molecule has 0 fully saturated rings. The number of carbonyl (C=O) groups excluding carboxylic acids is 2. The van der Waals surface area contributed by atoms with Crippen LogP contribution in [0.4, 0.5) is 17.1 Å². The molecule has 3 aromatic carbocycles. The average Bonchev–Trinajstić information content (AvgIpc) is 2.61. The minimum Gasteiger partial charge on any atom is -0.386 e. The summed E-state index contributed by atoms with van der Waals surface area (Å²) in [7, 11) is 0. The highest BCUT2D eigenvalue weighted by Gasteiger charge is 2.32. The van der Waals surface area contributed by atoms with Crippen molar-refractivity contribution in [3.63, 3.8) is 0 Å². The number of esters is 2. The van der Waals surface area contributed by atoms with Gasteiger partial charge in [0.1, 0.15) is 5.69 Å². The summed E-state index contributed by atoms with van der Waals surface area (Å²) in [6.07, 6.45) is 0. The minimum atomic E-state index is -0.886. The molecule has 1 N–H and O–H groups in total. The number of nitrogens with one attached hydrogen (secondary N) is 1. The van der Waals surface area contributed by atoms with Gasteiger partial charge in [-0.05, 0) is 18.2 Å². The zero-order chi connectivity index (χ0) is 17.6. The molecule has 3 aromatic rings. The second-order valence-electron chi connectivity index (χ2n) is 5.47. The van der Waals surface area contributed by atoms with Crippen molar-refractivity contribution in [1.82, 2.24) is 0 Å². The van der Waals surface area contributed by atoms with Crippen LogP contribution in [0.2, 0.25) is 0 Å². The van der Waals surface area contributed by atoms with Crippen LogP contribution in [0.1, 0.15) is 20.7 Å². The number of hydrogen-bond acceptors (Lipinski definition) is 6. The Bertz CT molecular complexity index is 1060. The van der Waals surface area contributed by atoms with Gasteiger partial charge in [-0.3, -0.25) is 10.1 Å². The van der Waals surface area contributed by atoms with E-state index >= 15 is 0 Å². The number of carbonyl (C=O) groups is 2. The van der Waals surface area contributed by atoms with Crippen molar-refractivity contribution in [1.29, 1.82) is 0 Å². The first-order valence-corrected chi connectivity index (χ1v) is 7.39. The Balaban J connectivity index is 2.06. The van der Waals surface area contributed by atoms with Gasteiger partial charge in [-0.1, -0.05) is 30.3 Å². The number of para-hydroxylation sites is 1. The van der Waals surface area contributed by atoms with Crippen LogP contribution < -0.4 is 5.32 Å². The van der Waals surface area contributed by atoms with Crippen LogP contribution in [0, 0.1) is 10.1 Å². The third-order valence-corrected chi connectivity index (χ3v) is 4.01. The van der Waals surface area contributed by atoms with Crippen molar-refractivity contribution < 1.29 is 19.2 Å². The lowest BCUT2D eigenvalue weighted by molar-refractivity contribution is -0.383. The van der Waals surface area contributed by atoms with Gasteiger partial charge in [0.2, 0.25) is 0 Å². The second kappa shape index (κ2) is 5.41. The standard InChI is InChI=1S/C18H10N2O5/c21-17-12-8-4-7-11-15(12)13(18(22)25-17)9-14(20(23)24)16(11)19-10-5-2-1-3-6-10/h1-9,19H. The first-order chi connectivity index (χ1) is 12.1. The lowest BCUT2D eigenvalue weighted by atomic mass is 9.95. The van der Waals surface area contributed by atoms with Gasteiger partial charge < -0.3 is 10.1 Å². The highest BCUT2D eigenvalue weighted by Crippen LogP contribution is 2.40. The molecular formula is C18H10N2O5. The molecule has 122 valence electrons. The number of nitro groups is 1. The molecule has 0 unspecified atom stereocenters. The largest absolute Gasteiger partial charge is 0.386 e. The molecule has 4 rings (SSSR count). The molecule has 1 aliphatic rings. The lowest BCUT2D eigenvalue weighted by Crippen LogP contribution is -2.20. The Hall–Kier alpha value is -3.74. The Morgan fingerprint density at radius 1 is 0.920 bits per heavy atom. The zero-order valence-corrected chi connectivity index (χ0v) is 12.7. The number of nitrogens with zero attached hydrogens (tertiary/aromatic N) is 1. The van der Waals surface area contributed by atoms with Crippen molar-refractivity contribution in [2.45, 2.75) is 0 Å². The molecule has 7 nitrogen and oxygen atoms in total. The quantitative estimate of drug-likeness (QED) is 0.338. The monoisotopic (exact) mass is 334 g/mol. The Morgan fingerprint density at radius 3 is 2.36 bits per heavy atom. The molecule has 0 amide bonds. The molecule has 0 saturated heterocycles. The first-order valence-electron chi connectivity index (χ1n) is 7.39. The zero-order valence-electron chi connectivity index (χ0n) is 12.7. The fourth-order valence-corrected chi connectivity index (χ4v) is 2.94. The smallest absolute Gasteiger partial charge is 0.346 e. The van der Waals surface area contributed by atoms with Crippen LogP contribution >= 0.6 is 0 Å². The molecule has 0 bridgehead atoms. The van der Waals surface area contributed by atoms with Crippen molar-refractivity contribution in [3.05, 3.63) is 75.8 Å². The van der Waals surface area contributed by atoms with E-state index in [2.05, 4.69) is 10.1 Å². The maximum Gasteiger partial charge on any atom is 0.346 e. The van der Waals surface area contributed by atoms with E-state index in [1.54, 1.807) is 36.4 Å². The summed E-state index contributed by atoms with van der Waals surface area (Å²) in [5, 5.41) is 15.3. The summed E-state index contributed by atoms with van der Waals surface area (Å²) >= 11 is 0. The summed E-state index contributed by atoms with van der Waals surface area (Å²) < 4.78 is 4.67. The highest BCUT2D eigenvalue weighted by molar-refractivity contribution is 6.23. The molecule has 0 saturated carbocycles. The molecule has 0 radical (unpaired) electrons. The van der Waals surface area contributed by atoms with E-state index in [0.717, 1.165) is 6.07 Å². The van der Waals surface area contributed by atoms with Crippen LogP contribution in [0.5, 0.6) is 0 Å². The highest BCUT2D eigenvalue weighted by atomic mass is 16.6. The fraction of sp³-hybridized carbons (Fsp3) is 0. The van der Waals surface area contributed by atoms with Gasteiger partial charge in [0.25, 0.3) is 5.69 Å². The third-order valence-electron chi connectivity index (χ3n) is 4.01. The first kappa shape index (κ1) is 14.8. The van der Waals surface area contributed by atoms with Crippen molar-refractivity contribution in [2.24, 2.45) is 0 Å². The maximum atomic E-state index is 12.0. The average molecular weight is 334 g/mol. The number of hydrogen-bond donors (Lipinski definition) is 1. The normalized spacial score (nSPS) is 12.8. The molecule has 0 aliphatic carbocycles. The van der Waals surface area contributed by atoms with Crippen LogP contribution in [0.3, 0.4) is 0 Å². The topological polar surface area (TPSA) is 98.5 Å². The van der Waals surface area contributed by atoms with E-state index in [0.29, 0.717) is 16.5 Å². The Labute approximate surface area is 141 Å². The molecule has 1 aliphatic heterocycles. The summed E-state index contributed by atoms with van der Waals surface area (Å²) in [6.45, 7) is 0. The molecule has 0 spiro atoms. The van der Waals surface area contributed by atoms with E-state index in [9.17, 15) is 19.7 Å². The van der Waals surface area contributed by atoms with E-state index in [1.807, 2.05) is 6.07 Å². The van der Waals surface area contributed by atoms with Crippen LogP contribution in [0.25, 0.3) is 10.8 Å². The number of benzene rings is 3. The number of rotatable bonds is 3. The maximum absolute atomic E-state index is 12.0. The van der Waals surface area contributed by atoms with Crippen molar-refractivity contribution in [3.8, 4) is 0 Å². The van der Waals surface area contributed by atoms with E-state index in [1.165, 1.54) is 6.07 Å². The van der Waals surface area contributed by atoms with E-state index in [4.69, 9.17) is 0 Å².